The van der Waals surface area contributed by atoms with Gasteiger partial charge in [0.1, 0.15) is 6.10 Å². The summed E-state index contributed by atoms with van der Waals surface area (Å²) in [6, 6.07) is 3.64. The van der Waals surface area contributed by atoms with Gasteiger partial charge in [-0.25, -0.2) is 0 Å². The lowest BCUT2D eigenvalue weighted by Gasteiger charge is -2.09. The smallest absolute Gasteiger partial charge is 0.102 e. The topological polar surface area (TPSA) is 42.4 Å². The van der Waals surface area contributed by atoms with Crippen LogP contribution >= 0.6 is 0 Å². The fourth-order valence-corrected chi connectivity index (χ4v) is 1.03. The average molecular weight is 197 g/mol. The molecule has 1 rings (SSSR count). The van der Waals surface area contributed by atoms with Gasteiger partial charge in [0.2, 0.25) is 0 Å². The van der Waals surface area contributed by atoms with Crippen molar-refractivity contribution in [3.05, 3.63) is 29.6 Å². The van der Waals surface area contributed by atoms with Crippen molar-refractivity contribution in [3.63, 3.8) is 0 Å². The van der Waals surface area contributed by atoms with Gasteiger partial charge in [0, 0.05) is 19.0 Å². The van der Waals surface area contributed by atoms with Crippen molar-refractivity contribution >= 4 is 0 Å². The molecule has 80 valence electrons. The number of aliphatic hydroxyl groups is 1. The van der Waals surface area contributed by atoms with E-state index in [2.05, 4.69) is 4.98 Å². The van der Waals surface area contributed by atoms with Crippen LogP contribution in [0.1, 0.15) is 31.2 Å². The molecule has 1 heterocycles. The minimum Gasteiger partial charge on any atom is -0.386 e. The first-order valence-electron chi connectivity index (χ1n) is 4.83. The molecular formula is C11H19NO2. The zero-order chi connectivity index (χ0) is 11.0. The Hall–Kier alpha value is -0.930. The fraction of sp³-hybridized carbons (Fsp3) is 0.545. The summed E-state index contributed by atoms with van der Waals surface area (Å²) in [6.07, 6.45) is 1.14. The molecule has 0 saturated heterocycles. The van der Waals surface area contributed by atoms with E-state index in [9.17, 15) is 5.11 Å². The highest BCUT2D eigenvalue weighted by atomic mass is 16.5. The maximum atomic E-state index is 9.49. The minimum absolute atomic E-state index is 0.323. The molecule has 0 aliphatic carbocycles. The van der Waals surface area contributed by atoms with Gasteiger partial charge in [-0.2, -0.15) is 0 Å². The molecule has 1 atom stereocenters. The number of methoxy groups -OCH3 is 1. The van der Waals surface area contributed by atoms with E-state index in [1.807, 2.05) is 26.8 Å². The Bertz CT molecular complexity index is 251. The second-order valence-electron chi connectivity index (χ2n) is 2.70. The van der Waals surface area contributed by atoms with E-state index in [1.54, 1.807) is 19.4 Å². The Labute approximate surface area is 85.8 Å². The van der Waals surface area contributed by atoms with E-state index in [-0.39, 0.29) is 0 Å². The largest absolute Gasteiger partial charge is 0.386 e. The molecule has 0 spiro atoms. The maximum absolute atomic E-state index is 9.49. The number of aryl methyl sites for hydroxylation is 1. The number of aliphatic hydroxyl groups excluding tert-OH is 1. The lowest BCUT2D eigenvalue weighted by Crippen LogP contribution is -2.05. The molecule has 0 amide bonds. The Morgan fingerprint density at radius 3 is 2.64 bits per heavy atom. The van der Waals surface area contributed by atoms with Crippen LogP contribution in [0.3, 0.4) is 0 Å². The van der Waals surface area contributed by atoms with E-state index in [0.29, 0.717) is 6.61 Å². The van der Waals surface area contributed by atoms with Crippen molar-refractivity contribution in [2.75, 3.05) is 13.7 Å². The molecule has 1 unspecified atom stereocenters. The zero-order valence-corrected chi connectivity index (χ0v) is 9.32. The monoisotopic (exact) mass is 197 g/mol. The molecule has 1 aromatic rings. The maximum Gasteiger partial charge on any atom is 0.102 e. The molecule has 0 saturated carbocycles. The Kier molecular flexibility index (Phi) is 6.98. The van der Waals surface area contributed by atoms with Crippen LogP contribution in [0.25, 0.3) is 0 Å². The molecule has 0 aliphatic heterocycles. The lowest BCUT2D eigenvalue weighted by atomic mass is 10.1. The summed E-state index contributed by atoms with van der Waals surface area (Å²) < 4.78 is 4.83. The highest BCUT2D eigenvalue weighted by Gasteiger charge is 2.05. The summed E-state index contributed by atoms with van der Waals surface area (Å²) in [5, 5.41) is 9.49. The van der Waals surface area contributed by atoms with Gasteiger partial charge in [-0.3, -0.25) is 4.98 Å². The third-order valence-electron chi connectivity index (χ3n) is 1.63. The second-order valence-corrected chi connectivity index (χ2v) is 2.70. The Morgan fingerprint density at radius 2 is 2.14 bits per heavy atom. The molecule has 0 fully saturated rings. The predicted octanol–water partition coefficient (Wildman–Crippen LogP) is 2.10. The molecule has 3 nitrogen and oxygen atoms in total. The van der Waals surface area contributed by atoms with Crippen molar-refractivity contribution in [1.82, 2.24) is 4.98 Å². The van der Waals surface area contributed by atoms with Crippen molar-refractivity contribution in [1.29, 1.82) is 0 Å². The van der Waals surface area contributed by atoms with Crippen LogP contribution in [0.4, 0.5) is 0 Å². The molecular weight excluding hydrogens is 178 g/mol. The van der Waals surface area contributed by atoms with Gasteiger partial charge in [-0.15, -0.1) is 0 Å². The van der Waals surface area contributed by atoms with Crippen LogP contribution in [0.2, 0.25) is 0 Å². The summed E-state index contributed by atoms with van der Waals surface area (Å²) >= 11 is 0. The van der Waals surface area contributed by atoms with E-state index in [4.69, 9.17) is 4.74 Å². The molecule has 14 heavy (non-hydrogen) atoms. The highest BCUT2D eigenvalue weighted by Crippen LogP contribution is 2.12. The van der Waals surface area contributed by atoms with Gasteiger partial charge in [0.05, 0.1) is 6.61 Å². The molecule has 0 aliphatic rings. The van der Waals surface area contributed by atoms with Gasteiger partial charge >= 0.3 is 0 Å². The van der Waals surface area contributed by atoms with Crippen LogP contribution in [0.15, 0.2) is 18.3 Å². The molecule has 0 aromatic carbocycles. The molecule has 0 radical (unpaired) electrons. The summed E-state index contributed by atoms with van der Waals surface area (Å²) in [5.74, 6) is 0. The van der Waals surface area contributed by atoms with E-state index >= 15 is 0 Å². The summed E-state index contributed by atoms with van der Waals surface area (Å²) in [6.45, 7) is 6.21. The molecule has 1 aromatic heterocycles. The number of hydrogen-bond acceptors (Lipinski definition) is 3. The van der Waals surface area contributed by atoms with E-state index in [1.165, 1.54) is 0 Å². The third-order valence-corrected chi connectivity index (χ3v) is 1.63. The molecule has 0 bridgehead atoms. The molecule has 1 N–H and O–H groups in total. The molecule has 3 heteroatoms. The van der Waals surface area contributed by atoms with E-state index in [0.717, 1.165) is 11.3 Å². The first kappa shape index (κ1) is 13.1. The van der Waals surface area contributed by atoms with Crippen LogP contribution in [0.5, 0.6) is 0 Å². The zero-order valence-electron chi connectivity index (χ0n) is 9.32. The van der Waals surface area contributed by atoms with Crippen LogP contribution in [-0.2, 0) is 4.74 Å². The van der Waals surface area contributed by atoms with E-state index < -0.39 is 6.10 Å². The quantitative estimate of drug-likeness (QED) is 0.806. The number of nitrogens with zero attached hydrogens (tertiary/aromatic N) is 1. The summed E-state index contributed by atoms with van der Waals surface area (Å²) in [5.41, 5.74) is 1.76. The van der Waals surface area contributed by atoms with Gasteiger partial charge in [0.25, 0.3) is 0 Å². The van der Waals surface area contributed by atoms with Crippen molar-refractivity contribution in [2.24, 2.45) is 0 Å². The second kappa shape index (κ2) is 7.47. The Morgan fingerprint density at radius 1 is 1.50 bits per heavy atom. The number of hydrogen-bond donors (Lipinski definition) is 1. The lowest BCUT2D eigenvalue weighted by molar-refractivity contribution is 0.0643. The number of rotatable bonds is 3. The SMILES string of the molecule is CC.COCC(O)c1ccnc(C)c1. The summed E-state index contributed by atoms with van der Waals surface area (Å²) in [7, 11) is 1.57. The van der Waals surface area contributed by atoms with Crippen LogP contribution < -0.4 is 0 Å². The first-order valence-corrected chi connectivity index (χ1v) is 4.83. The summed E-state index contributed by atoms with van der Waals surface area (Å²) in [4.78, 5) is 4.03. The predicted molar refractivity (Wildman–Crippen MR) is 57.2 cm³/mol. The first-order chi connectivity index (χ1) is 6.74. The Balaban J connectivity index is 0.000000791. The van der Waals surface area contributed by atoms with Crippen molar-refractivity contribution < 1.29 is 9.84 Å². The fourth-order valence-electron chi connectivity index (χ4n) is 1.03. The number of ether oxygens (including phenoxy) is 1. The number of pyridine rings is 1. The van der Waals surface area contributed by atoms with Gasteiger partial charge in [-0.1, -0.05) is 13.8 Å². The van der Waals surface area contributed by atoms with Crippen molar-refractivity contribution in [2.45, 2.75) is 26.9 Å². The highest BCUT2D eigenvalue weighted by molar-refractivity contribution is 5.17. The third kappa shape index (κ3) is 4.35. The van der Waals surface area contributed by atoms with Crippen LogP contribution in [-0.4, -0.2) is 23.8 Å². The van der Waals surface area contributed by atoms with Gasteiger partial charge in [-0.05, 0) is 24.6 Å². The number of aromatic nitrogens is 1. The minimum atomic E-state index is -0.545. The van der Waals surface area contributed by atoms with Crippen molar-refractivity contribution in [3.8, 4) is 0 Å². The standard InChI is InChI=1S/C9H13NO2.C2H6/c1-7-5-8(3-4-10-7)9(11)6-12-2;1-2/h3-5,9,11H,6H2,1-2H3;1-2H3. The van der Waals surface area contributed by atoms with Gasteiger partial charge in [0.15, 0.2) is 0 Å². The normalized spacial score (nSPS) is 11.5. The van der Waals surface area contributed by atoms with Crippen LogP contribution in [0, 0.1) is 6.92 Å². The average Bonchev–Trinajstić information content (AvgIpc) is 2.21. The van der Waals surface area contributed by atoms with Gasteiger partial charge < -0.3 is 9.84 Å².